The monoisotopic (exact) mass is 211 g/mol. The van der Waals surface area contributed by atoms with Gasteiger partial charge in [-0.15, -0.1) is 0 Å². The molecule has 4 heteroatoms. The van der Waals surface area contributed by atoms with Crippen molar-refractivity contribution < 1.29 is 9.18 Å². The summed E-state index contributed by atoms with van der Waals surface area (Å²) < 4.78 is 13.1. The smallest absolute Gasteiger partial charge is 0.258 e. The van der Waals surface area contributed by atoms with Crippen LogP contribution < -0.4 is 5.32 Å². The number of alkyl halides is 2. The molecular formula is C6H11BrFNO. The van der Waals surface area contributed by atoms with Crippen molar-refractivity contribution >= 4 is 21.8 Å². The van der Waals surface area contributed by atoms with Crippen molar-refractivity contribution in [3.8, 4) is 0 Å². The minimum atomic E-state index is -1.82. The summed E-state index contributed by atoms with van der Waals surface area (Å²) in [5, 5.41) is 2.24. The van der Waals surface area contributed by atoms with Crippen molar-refractivity contribution in [1.82, 2.24) is 5.32 Å². The Bertz CT molecular complexity index is 136. The molecule has 0 rings (SSSR count). The standard InChI is InChI=1S/C6H11BrFNO/c1-4(7)6(2,8)5(10)9-3/h4H,1-3H3,(H,9,10)/t4-,6?/m0/s1. The third-order valence-electron chi connectivity index (χ3n) is 1.42. The summed E-state index contributed by atoms with van der Waals surface area (Å²) in [6.45, 7) is 2.83. The van der Waals surface area contributed by atoms with Crippen LogP contribution >= 0.6 is 15.9 Å². The summed E-state index contributed by atoms with van der Waals surface area (Å²) in [5.74, 6) is -0.600. The second-order valence-corrected chi connectivity index (χ2v) is 3.64. The van der Waals surface area contributed by atoms with Gasteiger partial charge in [-0.2, -0.15) is 0 Å². The average Bonchev–Trinajstić information content (AvgIpc) is 1.86. The largest absolute Gasteiger partial charge is 0.356 e. The molecule has 0 fully saturated rings. The van der Waals surface area contributed by atoms with Gasteiger partial charge in [-0.1, -0.05) is 15.9 Å². The summed E-state index contributed by atoms with van der Waals surface area (Å²) >= 11 is 3.00. The van der Waals surface area contributed by atoms with Gasteiger partial charge in [-0.25, -0.2) is 4.39 Å². The molecule has 0 aromatic carbocycles. The summed E-state index contributed by atoms with van der Waals surface area (Å²) in [4.78, 5) is 10.3. The zero-order valence-corrected chi connectivity index (χ0v) is 7.83. The fourth-order valence-corrected chi connectivity index (χ4v) is 0.633. The van der Waals surface area contributed by atoms with E-state index in [-0.39, 0.29) is 0 Å². The summed E-state index contributed by atoms with van der Waals surface area (Å²) in [7, 11) is 1.41. The lowest BCUT2D eigenvalue weighted by molar-refractivity contribution is -0.130. The molecule has 0 aliphatic carbocycles. The number of rotatable bonds is 2. The van der Waals surface area contributed by atoms with Crippen LogP contribution in [0.2, 0.25) is 0 Å². The Morgan fingerprint density at radius 3 is 2.30 bits per heavy atom. The predicted molar refractivity (Wildman–Crippen MR) is 42.0 cm³/mol. The van der Waals surface area contributed by atoms with Crippen molar-refractivity contribution in [1.29, 1.82) is 0 Å². The van der Waals surface area contributed by atoms with Gasteiger partial charge in [0.1, 0.15) is 0 Å². The van der Waals surface area contributed by atoms with Crippen LogP contribution in [0.4, 0.5) is 4.39 Å². The number of amides is 1. The Hall–Kier alpha value is -0.120. The minimum Gasteiger partial charge on any atom is -0.356 e. The Labute approximate surface area is 68.3 Å². The molecule has 0 aliphatic rings. The molecule has 1 unspecified atom stereocenters. The maximum Gasteiger partial charge on any atom is 0.258 e. The first-order chi connectivity index (χ1) is 4.42. The molecular weight excluding hydrogens is 201 g/mol. The van der Waals surface area contributed by atoms with Gasteiger partial charge in [-0.05, 0) is 13.8 Å². The van der Waals surface area contributed by atoms with Gasteiger partial charge in [-0.3, -0.25) is 4.79 Å². The predicted octanol–water partition coefficient (Wildman–Crippen LogP) is 1.24. The highest BCUT2D eigenvalue weighted by Crippen LogP contribution is 2.21. The number of halogens is 2. The summed E-state index contributed by atoms with van der Waals surface area (Å²) in [6, 6.07) is 0. The molecule has 1 N–H and O–H groups in total. The summed E-state index contributed by atoms with van der Waals surface area (Å²) in [6.07, 6.45) is 0. The Morgan fingerprint density at radius 2 is 2.20 bits per heavy atom. The first-order valence-electron chi connectivity index (χ1n) is 2.98. The van der Waals surface area contributed by atoms with Gasteiger partial charge in [0.05, 0.1) is 4.83 Å². The van der Waals surface area contributed by atoms with Crippen LogP contribution in [-0.2, 0) is 4.79 Å². The van der Waals surface area contributed by atoms with Crippen LogP contribution in [0.5, 0.6) is 0 Å². The Balaban J connectivity index is 4.24. The van der Waals surface area contributed by atoms with E-state index in [1.807, 2.05) is 0 Å². The van der Waals surface area contributed by atoms with E-state index < -0.39 is 16.4 Å². The molecule has 0 aromatic heterocycles. The van der Waals surface area contributed by atoms with Crippen LogP contribution in [0.15, 0.2) is 0 Å². The van der Waals surface area contributed by atoms with Gasteiger partial charge in [0, 0.05) is 7.05 Å². The lowest BCUT2D eigenvalue weighted by Gasteiger charge is -2.20. The second kappa shape index (κ2) is 3.32. The number of carbonyl (C=O) groups excluding carboxylic acids is 1. The highest BCUT2D eigenvalue weighted by Gasteiger charge is 2.36. The molecule has 0 saturated heterocycles. The number of hydrogen-bond acceptors (Lipinski definition) is 1. The molecule has 0 spiro atoms. The first-order valence-corrected chi connectivity index (χ1v) is 3.89. The average molecular weight is 212 g/mol. The second-order valence-electron chi connectivity index (χ2n) is 2.27. The SMILES string of the molecule is CNC(=O)C(C)(F)[C@H](C)Br. The third kappa shape index (κ3) is 1.94. The minimum absolute atomic E-state index is 0.472. The molecule has 10 heavy (non-hydrogen) atoms. The quantitative estimate of drug-likeness (QED) is 0.685. The van der Waals surface area contributed by atoms with E-state index >= 15 is 0 Å². The Morgan fingerprint density at radius 1 is 1.80 bits per heavy atom. The van der Waals surface area contributed by atoms with Crippen molar-refractivity contribution in [2.45, 2.75) is 24.3 Å². The highest BCUT2D eigenvalue weighted by atomic mass is 79.9. The molecule has 2 atom stereocenters. The van der Waals surface area contributed by atoms with E-state index in [0.717, 1.165) is 0 Å². The van der Waals surface area contributed by atoms with E-state index in [1.165, 1.54) is 14.0 Å². The van der Waals surface area contributed by atoms with E-state index in [0.29, 0.717) is 0 Å². The molecule has 0 heterocycles. The van der Waals surface area contributed by atoms with Crippen LogP contribution in [0, 0.1) is 0 Å². The van der Waals surface area contributed by atoms with E-state index in [4.69, 9.17) is 0 Å². The highest BCUT2D eigenvalue weighted by molar-refractivity contribution is 9.09. The molecule has 0 aromatic rings. The van der Waals surface area contributed by atoms with Crippen LogP contribution in [0.3, 0.4) is 0 Å². The molecule has 0 bridgehead atoms. The zero-order chi connectivity index (χ0) is 8.36. The molecule has 0 saturated carbocycles. The lowest BCUT2D eigenvalue weighted by atomic mass is 10.1. The van der Waals surface area contributed by atoms with Crippen molar-refractivity contribution in [2.24, 2.45) is 0 Å². The van der Waals surface area contributed by atoms with Gasteiger partial charge in [0.2, 0.25) is 0 Å². The fraction of sp³-hybridized carbons (Fsp3) is 0.833. The van der Waals surface area contributed by atoms with Gasteiger partial charge in [0.15, 0.2) is 5.67 Å². The Kier molecular flexibility index (Phi) is 3.28. The molecule has 1 amide bonds. The topological polar surface area (TPSA) is 29.1 Å². The van der Waals surface area contributed by atoms with Crippen LogP contribution in [0.25, 0.3) is 0 Å². The summed E-state index contributed by atoms with van der Waals surface area (Å²) in [5.41, 5.74) is -1.82. The zero-order valence-electron chi connectivity index (χ0n) is 6.24. The fourth-order valence-electron chi connectivity index (χ4n) is 0.425. The number of carbonyl (C=O) groups is 1. The molecule has 2 nitrogen and oxygen atoms in total. The number of hydrogen-bond donors (Lipinski definition) is 1. The first kappa shape index (κ1) is 9.88. The van der Waals surface area contributed by atoms with Gasteiger partial charge in [0.25, 0.3) is 5.91 Å². The third-order valence-corrected chi connectivity index (χ3v) is 2.28. The van der Waals surface area contributed by atoms with Crippen LogP contribution in [-0.4, -0.2) is 23.5 Å². The maximum absolute atomic E-state index is 13.1. The van der Waals surface area contributed by atoms with Crippen molar-refractivity contribution in [3.63, 3.8) is 0 Å². The van der Waals surface area contributed by atoms with E-state index in [9.17, 15) is 9.18 Å². The van der Waals surface area contributed by atoms with Gasteiger partial charge >= 0.3 is 0 Å². The molecule has 60 valence electrons. The maximum atomic E-state index is 13.1. The van der Waals surface area contributed by atoms with Crippen molar-refractivity contribution in [3.05, 3.63) is 0 Å². The van der Waals surface area contributed by atoms with E-state index in [2.05, 4.69) is 21.2 Å². The lowest BCUT2D eigenvalue weighted by Crippen LogP contribution is -2.44. The van der Waals surface area contributed by atoms with Crippen LogP contribution in [0.1, 0.15) is 13.8 Å². The molecule has 0 radical (unpaired) electrons. The van der Waals surface area contributed by atoms with Gasteiger partial charge < -0.3 is 5.32 Å². The molecule has 0 aliphatic heterocycles. The van der Waals surface area contributed by atoms with Crippen molar-refractivity contribution in [2.75, 3.05) is 7.05 Å². The normalized spacial score (nSPS) is 19.3. The van der Waals surface area contributed by atoms with E-state index in [1.54, 1.807) is 6.92 Å². The number of nitrogens with one attached hydrogen (secondary N) is 1.